The van der Waals surface area contributed by atoms with Crippen LogP contribution in [-0.2, 0) is 21.1 Å². The third kappa shape index (κ3) is 3.17. The molecule has 0 unspecified atom stereocenters. The van der Waals surface area contributed by atoms with E-state index < -0.39 is 37.4 Å². The average molecular weight is 391 g/mol. The van der Waals surface area contributed by atoms with Gasteiger partial charge in [0, 0.05) is 0 Å². The fourth-order valence-electron chi connectivity index (χ4n) is 2.62. The van der Waals surface area contributed by atoms with E-state index in [0.29, 0.717) is 0 Å². The van der Waals surface area contributed by atoms with Crippen molar-refractivity contribution in [3.8, 4) is 0 Å². The van der Waals surface area contributed by atoms with Crippen LogP contribution in [0.3, 0.4) is 0 Å². The average Bonchev–Trinajstić information content (AvgIpc) is 3.07. The van der Waals surface area contributed by atoms with Gasteiger partial charge in [-0.1, -0.05) is 6.58 Å². The number of imidazole rings is 1. The zero-order chi connectivity index (χ0) is 18.4. The molecule has 0 spiro atoms. The number of hydrogen-bond acceptors (Lipinski definition) is 8. The lowest BCUT2D eigenvalue weighted by Gasteiger charge is -2.25. The van der Waals surface area contributed by atoms with Crippen molar-refractivity contribution in [1.29, 1.82) is 0 Å². The molecule has 0 radical (unpaired) electrons. The van der Waals surface area contributed by atoms with Crippen molar-refractivity contribution in [2.45, 2.75) is 24.1 Å². The van der Waals surface area contributed by atoms with E-state index in [1.54, 1.807) is 0 Å². The molecule has 5 N–H and O–H groups in total. The Morgan fingerprint density at radius 2 is 2.24 bits per heavy atom. The van der Waals surface area contributed by atoms with Crippen molar-refractivity contribution in [2.75, 3.05) is 12.3 Å². The Balaban J connectivity index is 1.98. The van der Waals surface area contributed by atoms with Crippen LogP contribution in [0.25, 0.3) is 11.2 Å². The number of ether oxygens (including phenoxy) is 1. The number of rotatable bonds is 5. The number of fused-ring (bicyclic) bond motifs is 1. The number of aromatic nitrogens is 4. The van der Waals surface area contributed by atoms with Crippen LogP contribution < -0.4 is 5.73 Å². The van der Waals surface area contributed by atoms with E-state index in [4.69, 9.17) is 20.3 Å². The highest BCUT2D eigenvalue weighted by atomic mass is 32.5. The van der Waals surface area contributed by atoms with Crippen LogP contribution in [0.2, 0.25) is 0 Å². The molecule has 13 heteroatoms. The summed E-state index contributed by atoms with van der Waals surface area (Å²) in [5.74, 6) is 0.103. The van der Waals surface area contributed by atoms with Crippen LogP contribution in [0.15, 0.2) is 25.3 Å². The minimum atomic E-state index is -3.98. The maximum atomic E-state index is 15.3. The summed E-state index contributed by atoms with van der Waals surface area (Å²) in [4.78, 5) is 30.1. The Hall–Kier alpha value is -1.53. The number of nitrogens with two attached hydrogens (primary N) is 1. The summed E-state index contributed by atoms with van der Waals surface area (Å²) in [5, 5.41) is 10.3. The van der Waals surface area contributed by atoms with E-state index in [1.165, 1.54) is 17.2 Å². The quantitative estimate of drug-likeness (QED) is 0.398. The second kappa shape index (κ2) is 6.32. The fraction of sp³-hybridized carbons (Fsp3) is 0.417. The number of nitrogens with zero attached hydrogens (tertiary/aromatic N) is 4. The van der Waals surface area contributed by atoms with Gasteiger partial charge in [-0.05, 0) is 17.9 Å². The number of aliphatic hydroxyl groups excluding tert-OH is 1. The van der Waals surface area contributed by atoms with Gasteiger partial charge in [-0.3, -0.25) is 4.57 Å². The van der Waals surface area contributed by atoms with Crippen LogP contribution >= 0.6 is 6.72 Å². The van der Waals surface area contributed by atoms with Gasteiger partial charge in [0.15, 0.2) is 17.7 Å². The first-order valence-corrected chi connectivity index (χ1v) is 9.59. The molecule has 10 nitrogen and oxygen atoms in total. The third-order valence-corrected chi connectivity index (χ3v) is 4.65. The van der Waals surface area contributed by atoms with Crippen molar-refractivity contribution in [1.82, 2.24) is 19.5 Å². The number of nitrogen functional groups attached to an aromatic ring is 1. The summed E-state index contributed by atoms with van der Waals surface area (Å²) in [6, 6.07) is 0. The van der Waals surface area contributed by atoms with E-state index in [0.717, 1.165) is 6.08 Å². The monoisotopic (exact) mass is 391 g/mol. The summed E-state index contributed by atoms with van der Waals surface area (Å²) in [7, 11) is 0. The number of aliphatic hydroxyl groups is 1. The van der Waals surface area contributed by atoms with Gasteiger partial charge in [-0.2, -0.15) is 0 Å². The molecule has 1 saturated heterocycles. The van der Waals surface area contributed by atoms with Crippen molar-refractivity contribution < 1.29 is 28.5 Å². The second-order valence-electron chi connectivity index (χ2n) is 5.37. The molecular formula is C12H15FN5O5PS. The molecule has 1 aliphatic heterocycles. The maximum absolute atomic E-state index is 15.3. The zero-order valence-electron chi connectivity index (χ0n) is 12.6. The predicted molar refractivity (Wildman–Crippen MR) is 88.4 cm³/mol. The van der Waals surface area contributed by atoms with Gasteiger partial charge in [-0.25, -0.2) is 19.3 Å². The Labute approximate surface area is 146 Å². The normalized spacial score (nSPS) is 30.0. The minimum absolute atomic E-state index is 0.103. The van der Waals surface area contributed by atoms with Crippen LogP contribution in [-0.4, -0.2) is 58.9 Å². The van der Waals surface area contributed by atoms with E-state index in [9.17, 15) is 5.11 Å². The van der Waals surface area contributed by atoms with Gasteiger partial charge < -0.3 is 29.9 Å². The van der Waals surface area contributed by atoms with E-state index in [1.807, 2.05) is 0 Å². The summed E-state index contributed by atoms with van der Waals surface area (Å²) < 4.78 is 26.8. The SMILES string of the molecule is C=C[C@@]1(F)[C@H](O)[C@@H](COP(O)(O)=S)O[C@H]1n1cnc2c(N)ncnc21. The third-order valence-electron chi connectivity index (χ3n) is 3.85. The van der Waals surface area contributed by atoms with Gasteiger partial charge in [0.1, 0.15) is 24.1 Å². The van der Waals surface area contributed by atoms with Crippen LogP contribution in [0.5, 0.6) is 0 Å². The van der Waals surface area contributed by atoms with Gasteiger partial charge >= 0.3 is 6.72 Å². The van der Waals surface area contributed by atoms with Crippen molar-refractivity contribution in [3.63, 3.8) is 0 Å². The van der Waals surface area contributed by atoms with Gasteiger partial charge in [-0.15, -0.1) is 0 Å². The Bertz CT molecular complexity index is 862. The van der Waals surface area contributed by atoms with E-state index in [-0.39, 0.29) is 17.0 Å². The largest absolute Gasteiger partial charge is 0.386 e. The van der Waals surface area contributed by atoms with Crippen LogP contribution in [0.4, 0.5) is 10.2 Å². The molecule has 3 rings (SSSR count). The molecule has 1 fully saturated rings. The molecule has 1 aliphatic rings. The van der Waals surface area contributed by atoms with Crippen LogP contribution in [0, 0.1) is 0 Å². The van der Waals surface area contributed by atoms with Crippen molar-refractivity contribution in [3.05, 3.63) is 25.3 Å². The minimum Gasteiger partial charge on any atom is -0.386 e. The number of halogens is 1. The van der Waals surface area contributed by atoms with Gasteiger partial charge in [0.2, 0.25) is 5.67 Å². The topological polar surface area (TPSA) is 149 Å². The molecule has 136 valence electrons. The molecular weight excluding hydrogens is 376 g/mol. The first-order chi connectivity index (χ1) is 11.7. The lowest BCUT2D eigenvalue weighted by atomic mass is 9.96. The van der Waals surface area contributed by atoms with Gasteiger partial charge in [0.25, 0.3) is 0 Å². The molecule has 0 bridgehead atoms. The maximum Gasteiger partial charge on any atom is 0.321 e. The predicted octanol–water partition coefficient (Wildman–Crippen LogP) is -0.213. The Morgan fingerprint density at radius 1 is 1.52 bits per heavy atom. The molecule has 25 heavy (non-hydrogen) atoms. The zero-order valence-corrected chi connectivity index (χ0v) is 14.3. The lowest BCUT2D eigenvalue weighted by molar-refractivity contribution is -0.0491. The first-order valence-electron chi connectivity index (χ1n) is 6.96. The Kier molecular flexibility index (Phi) is 4.62. The molecule has 2 aromatic rings. The molecule has 0 amide bonds. The summed E-state index contributed by atoms with van der Waals surface area (Å²) in [5.41, 5.74) is 3.72. The van der Waals surface area contributed by atoms with Crippen molar-refractivity contribution >= 4 is 35.5 Å². The summed E-state index contributed by atoms with van der Waals surface area (Å²) in [6.45, 7) is -1.10. The molecule has 4 atom stereocenters. The second-order valence-corrected chi connectivity index (χ2v) is 8.04. The van der Waals surface area contributed by atoms with E-state index >= 15 is 4.39 Å². The highest BCUT2D eigenvalue weighted by Crippen LogP contribution is 2.45. The number of anilines is 1. The molecule has 0 saturated carbocycles. The van der Waals surface area contributed by atoms with Crippen molar-refractivity contribution in [2.24, 2.45) is 0 Å². The number of hydrogen-bond donors (Lipinski definition) is 4. The molecule has 2 aromatic heterocycles. The van der Waals surface area contributed by atoms with Crippen LogP contribution in [0.1, 0.15) is 6.23 Å². The van der Waals surface area contributed by atoms with E-state index in [2.05, 4.69) is 37.9 Å². The lowest BCUT2D eigenvalue weighted by Crippen LogP contribution is -2.41. The smallest absolute Gasteiger partial charge is 0.321 e. The molecule has 0 aromatic carbocycles. The standard InChI is InChI=1S/C12H15FN5O5PS/c1-2-12(13)8(19)6(3-22-24(20,21)25)23-11(12)18-5-17-7-9(14)15-4-16-10(7)18/h2,4-6,8,11,19H,1,3H2,(H2,14,15,16)(H2,20,21,25)/t6-,8-,11-,12-/m1/s1. The fourth-order valence-corrected chi connectivity index (χ4v) is 3.14. The first kappa shape index (κ1) is 18.3. The molecule has 3 heterocycles. The van der Waals surface area contributed by atoms with Gasteiger partial charge in [0.05, 0.1) is 12.9 Å². The molecule has 0 aliphatic carbocycles. The number of alkyl halides is 1. The highest BCUT2D eigenvalue weighted by molar-refractivity contribution is 8.06. The Morgan fingerprint density at radius 3 is 2.88 bits per heavy atom. The highest BCUT2D eigenvalue weighted by Gasteiger charge is 2.57. The summed E-state index contributed by atoms with van der Waals surface area (Å²) >= 11 is 4.33. The summed E-state index contributed by atoms with van der Waals surface area (Å²) in [6.07, 6.45) is -0.991.